The van der Waals surface area contributed by atoms with E-state index in [1.54, 1.807) is 6.08 Å². The van der Waals surface area contributed by atoms with Crippen molar-refractivity contribution < 1.29 is 38.4 Å². The average Bonchev–Trinajstić information content (AvgIpc) is 3.70. The van der Waals surface area contributed by atoms with E-state index in [2.05, 4.69) is 23.6 Å². The zero-order valence-electron chi connectivity index (χ0n) is 26.3. The predicted molar refractivity (Wildman–Crippen MR) is 161 cm³/mol. The van der Waals surface area contributed by atoms with Gasteiger partial charge in [0.15, 0.2) is 0 Å². The third-order valence-electron chi connectivity index (χ3n) is 9.06. The van der Waals surface area contributed by atoms with Gasteiger partial charge in [0.1, 0.15) is 17.8 Å². The summed E-state index contributed by atoms with van der Waals surface area (Å²) in [6.07, 6.45) is 13.0. The van der Waals surface area contributed by atoms with Crippen LogP contribution in [0.25, 0.3) is 0 Å². The van der Waals surface area contributed by atoms with Gasteiger partial charge in [-0.25, -0.2) is 0 Å². The molecule has 43 heavy (non-hydrogen) atoms. The zero-order chi connectivity index (χ0) is 31.1. The molecule has 0 aromatic carbocycles. The number of rotatable bonds is 12. The molecule has 1 saturated carbocycles. The van der Waals surface area contributed by atoms with E-state index in [0.717, 1.165) is 37.7 Å². The van der Waals surface area contributed by atoms with Crippen molar-refractivity contribution in [2.24, 2.45) is 11.8 Å². The SMILES string of the molecule is CC(=O)OC[C@@H](C)/C=C\C(=O)N[C@@H]1C[C@H](C)C(C/C=C(C)/C=C/C2O[C@H](CC(=O)NC3CCC3)C[C@@]3(CO3)[C@@H]2O)O[C@@H]1C. The van der Waals surface area contributed by atoms with Crippen molar-refractivity contribution in [1.29, 1.82) is 0 Å². The number of ether oxygens (including phenoxy) is 4. The first-order chi connectivity index (χ1) is 20.4. The Hall–Kier alpha value is -2.53. The minimum absolute atomic E-state index is 0.000597. The van der Waals surface area contributed by atoms with Crippen LogP contribution >= 0.6 is 0 Å². The van der Waals surface area contributed by atoms with Crippen LogP contribution in [0.4, 0.5) is 0 Å². The number of esters is 1. The molecule has 2 amide bonds. The molecule has 3 aliphatic heterocycles. The minimum atomic E-state index is -0.774. The van der Waals surface area contributed by atoms with Crippen molar-refractivity contribution in [3.8, 4) is 0 Å². The smallest absolute Gasteiger partial charge is 0.302 e. The van der Waals surface area contributed by atoms with Gasteiger partial charge in [-0.2, -0.15) is 0 Å². The molecule has 1 aliphatic carbocycles. The molecule has 10 heteroatoms. The molecule has 0 radical (unpaired) electrons. The quantitative estimate of drug-likeness (QED) is 0.134. The Kier molecular flexibility index (Phi) is 11.6. The Morgan fingerprint density at radius 1 is 1.12 bits per heavy atom. The van der Waals surface area contributed by atoms with Gasteiger partial charge in [-0.3, -0.25) is 14.4 Å². The number of aliphatic hydroxyl groups excluding tert-OH is 1. The maximum atomic E-state index is 12.5. The second-order valence-electron chi connectivity index (χ2n) is 13.0. The summed E-state index contributed by atoms with van der Waals surface area (Å²) in [7, 11) is 0. The molecule has 1 spiro atoms. The van der Waals surface area contributed by atoms with E-state index < -0.39 is 17.8 Å². The highest BCUT2D eigenvalue weighted by molar-refractivity contribution is 5.87. The molecule has 4 aliphatic rings. The topological polar surface area (TPSA) is 136 Å². The van der Waals surface area contributed by atoms with Crippen molar-refractivity contribution in [1.82, 2.24) is 10.6 Å². The summed E-state index contributed by atoms with van der Waals surface area (Å²) in [6.45, 7) is 10.1. The molecule has 240 valence electrons. The molecule has 3 saturated heterocycles. The molecule has 3 N–H and O–H groups in total. The predicted octanol–water partition coefficient (Wildman–Crippen LogP) is 3.28. The van der Waals surface area contributed by atoms with Gasteiger partial charge in [-0.15, -0.1) is 0 Å². The van der Waals surface area contributed by atoms with E-state index >= 15 is 0 Å². The van der Waals surface area contributed by atoms with Crippen molar-refractivity contribution in [2.45, 2.75) is 128 Å². The number of hydrogen-bond acceptors (Lipinski definition) is 8. The van der Waals surface area contributed by atoms with Crippen molar-refractivity contribution in [2.75, 3.05) is 13.2 Å². The van der Waals surface area contributed by atoms with Gasteiger partial charge in [0, 0.05) is 25.3 Å². The van der Waals surface area contributed by atoms with Gasteiger partial charge in [-0.05, 0) is 57.9 Å². The maximum absolute atomic E-state index is 12.5. The molecule has 10 nitrogen and oxygen atoms in total. The standard InChI is InChI=1S/C33H50N2O8/c1-20(10-13-29-32(39)33(19-41-33)17-26(43-29)16-31(38)34-25-7-6-8-25)9-12-28-22(3)15-27(23(4)42-28)35-30(37)14-11-21(2)18-40-24(5)36/h9-11,13-14,21-23,25-29,32,39H,6-8,12,15-19H2,1-5H3,(H,34,38)(H,35,37)/b13-10+,14-11-,20-9+/t21-,22-,23+,26+,27+,28?,29?,32+,33+/m0/s1. The molecular weight excluding hydrogens is 552 g/mol. The van der Waals surface area contributed by atoms with E-state index in [0.29, 0.717) is 13.0 Å². The maximum Gasteiger partial charge on any atom is 0.302 e. The Bertz CT molecular complexity index is 1080. The molecule has 3 heterocycles. The highest BCUT2D eigenvalue weighted by atomic mass is 16.6. The monoisotopic (exact) mass is 602 g/mol. The van der Waals surface area contributed by atoms with Crippen LogP contribution in [0.5, 0.6) is 0 Å². The largest absolute Gasteiger partial charge is 0.465 e. The number of hydrogen-bond donors (Lipinski definition) is 3. The Balaban J connectivity index is 1.23. The third-order valence-corrected chi connectivity index (χ3v) is 9.06. The summed E-state index contributed by atoms with van der Waals surface area (Å²) < 4.78 is 23.1. The molecule has 4 fully saturated rings. The summed E-state index contributed by atoms with van der Waals surface area (Å²) in [4.78, 5) is 35.9. The third kappa shape index (κ3) is 9.73. The van der Waals surface area contributed by atoms with Crippen molar-refractivity contribution >= 4 is 17.8 Å². The summed E-state index contributed by atoms with van der Waals surface area (Å²) in [6, 6.07) is 0.194. The van der Waals surface area contributed by atoms with Crippen LogP contribution in [0.2, 0.25) is 0 Å². The number of carbonyl (C=O) groups excluding carboxylic acids is 3. The summed E-state index contributed by atoms with van der Waals surface area (Å²) in [5, 5.41) is 17.0. The number of nitrogens with one attached hydrogen (secondary N) is 2. The van der Waals surface area contributed by atoms with E-state index in [9.17, 15) is 19.5 Å². The van der Waals surface area contributed by atoms with Crippen LogP contribution in [0, 0.1) is 11.8 Å². The van der Waals surface area contributed by atoms with Gasteiger partial charge in [0.05, 0.1) is 44.0 Å². The van der Waals surface area contributed by atoms with Gasteiger partial charge >= 0.3 is 5.97 Å². The molecule has 4 rings (SSSR count). The molecule has 0 aromatic rings. The van der Waals surface area contributed by atoms with Gasteiger partial charge < -0.3 is 34.7 Å². The van der Waals surface area contributed by atoms with E-state index in [1.165, 1.54) is 13.0 Å². The number of allylic oxidation sites excluding steroid dienone is 2. The average molecular weight is 603 g/mol. The van der Waals surface area contributed by atoms with Gasteiger partial charge in [0.25, 0.3) is 0 Å². The Morgan fingerprint density at radius 2 is 1.86 bits per heavy atom. The van der Waals surface area contributed by atoms with Crippen LogP contribution in [-0.4, -0.2) is 84.3 Å². The Morgan fingerprint density at radius 3 is 2.51 bits per heavy atom. The van der Waals surface area contributed by atoms with E-state index in [1.807, 2.05) is 32.9 Å². The van der Waals surface area contributed by atoms with Crippen molar-refractivity contribution in [3.05, 3.63) is 36.0 Å². The molecule has 0 bridgehead atoms. The summed E-state index contributed by atoms with van der Waals surface area (Å²) in [5.74, 6) is -0.337. The number of aliphatic hydroxyl groups is 1. The van der Waals surface area contributed by atoms with Crippen LogP contribution < -0.4 is 10.6 Å². The molecule has 9 atom stereocenters. The zero-order valence-corrected chi connectivity index (χ0v) is 26.3. The Labute approximate surface area is 255 Å². The lowest BCUT2D eigenvalue weighted by molar-refractivity contribution is -0.146. The molecule has 0 aromatic heterocycles. The summed E-state index contributed by atoms with van der Waals surface area (Å²) >= 11 is 0. The fourth-order valence-electron chi connectivity index (χ4n) is 5.96. The first kappa shape index (κ1) is 33.4. The van der Waals surface area contributed by atoms with Crippen LogP contribution in [0.15, 0.2) is 36.0 Å². The number of amides is 2. The fraction of sp³-hybridized carbons (Fsp3) is 0.727. The van der Waals surface area contributed by atoms with Crippen molar-refractivity contribution in [3.63, 3.8) is 0 Å². The van der Waals surface area contributed by atoms with Crippen LogP contribution in [-0.2, 0) is 33.3 Å². The summed E-state index contributed by atoms with van der Waals surface area (Å²) in [5.41, 5.74) is 0.413. The fourth-order valence-corrected chi connectivity index (χ4v) is 5.96. The van der Waals surface area contributed by atoms with E-state index in [4.69, 9.17) is 18.9 Å². The highest BCUT2D eigenvalue weighted by Gasteiger charge is 2.58. The van der Waals surface area contributed by atoms with Crippen LogP contribution in [0.1, 0.15) is 79.6 Å². The lowest BCUT2D eigenvalue weighted by atomic mass is 9.87. The molecule has 2 unspecified atom stereocenters. The lowest BCUT2D eigenvalue weighted by Gasteiger charge is -2.39. The second kappa shape index (κ2) is 15.0. The number of epoxide rings is 1. The normalized spacial score (nSPS) is 35.5. The highest BCUT2D eigenvalue weighted by Crippen LogP contribution is 2.43. The van der Waals surface area contributed by atoms with E-state index in [-0.39, 0.29) is 73.0 Å². The first-order valence-corrected chi connectivity index (χ1v) is 15.8. The van der Waals surface area contributed by atoms with Gasteiger partial charge in [0.2, 0.25) is 11.8 Å². The minimum Gasteiger partial charge on any atom is -0.465 e. The second-order valence-corrected chi connectivity index (χ2v) is 13.0. The first-order valence-electron chi connectivity index (χ1n) is 15.8. The number of carbonyl (C=O) groups is 3. The lowest BCUT2D eigenvalue weighted by Crippen LogP contribution is -2.51. The van der Waals surface area contributed by atoms with Crippen LogP contribution in [0.3, 0.4) is 0 Å². The molecular formula is C33H50N2O8. The van der Waals surface area contributed by atoms with Gasteiger partial charge in [-0.1, -0.05) is 43.7 Å².